The predicted molar refractivity (Wildman–Crippen MR) is 90.2 cm³/mol. The van der Waals surface area contributed by atoms with E-state index in [0.717, 1.165) is 13.0 Å². The van der Waals surface area contributed by atoms with Crippen molar-refractivity contribution < 1.29 is 0 Å². The molecule has 1 atom stereocenters. The summed E-state index contributed by atoms with van der Waals surface area (Å²) < 4.78 is 0. The summed E-state index contributed by atoms with van der Waals surface area (Å²) in [6.45, 7) is 13.3. The van der Waals surface area contributed by atoms with Crippen LogP contribution in [0.25, 0.3) is 0 Å². The molecule has 0 heterocycles. The molecule has 0 saturated heterocycles. The van der Waals surface area contributed by atoms with Crippen LogP contribution in [-0.4, -0.2) is 11.4 Å². The Kier molecular flexibility index (Phi) is 6.86. The molecule has 20 heavy (non-hydrogen) atoms. The maximum absolute atomic E-state index is 3.85. The van der Waals surface area contributed by atoms with Crippen molar-refractivity contribution in [2.45, 2.75) is 34.1 Å². The maximum atomic E-state index is 3.85. The van der Waals surface area contributed by atoms with Gasteiger partial charge in [0, 0.05) is 6.54 Å². The Morgan fingerprint density at radius 3 is 2.70 bits per heavy atom. The fraction of sp³-hybridized carbons (Fsp3) is 0.368. The van der Waals surface area contributed by atoms with Gasteiger partial charge in [-0.05, 0) is 56.7 Å². The molecule has 0 bridgehead atoms. The molecular formula is C19H27N. The smallest absolute Gasteiger partial charge is 0.0466 e. The van der Waals surface area contributed by atoms with Crippen LogP contribution in [0.1, 0.15) is 34.1 Å². The van der Waals surface area contributed by atoms with Gasteiger partial charge in [0.25, 0.3) is 0 Å². The topological polar surface area (TPSA) is 3.24 Å². The molecule has 0 aromatic heterocycles. The van der Waals surface area contributed by atoms with Crippen LogP contribution < -0.4 is 0 Å². The molecule has 0 N–H and O–H groups in total. The standard InChI is InChI=1S/C19H27N/c1-6-13-20(7-2)15-18-9-8-10-19(12-11-18)17(5)14-16(3)4/h6-7,9-14,17H,2,8,15H2,1,3-5H3/b13-6-. The average molecular weight is 269 g/mol. The maximum Gasteiger partial charge on any atom is 0.0466 e. The van der Waals surface area contributed by atoms with Gasteiger partial charge in [-0.3, -0.25) is 0 Å². The van der Waals surface area contributed by atoms with E-state index < -0.39 is 0 Å². The minimum Gasteiger partial charge on any atom is -0.351 e. The molecule has 0 aromatic rings. The highest BCUT2D eigenvalue weighted by Crippen LogP contribution is 2.20. The van der Waals surface area contributed by atoms with E-state index in [4.69, 9.17) is 0 Å². The summed E-state index contributed by atoms with van der Waals surface area (Å²) >= 11 is 0. The molecule has 1 aliphatic rings. The third kappa shape index (κ3) is 5.48. The molecule has 0 saturated carbocycles. The van der Waals surface area contributed by atoms with Crippen LogP contribution in [0.3, 0.4) is 0 Å². The minimum absolute atomic E-state index is 0.482. The number of allylic oxidation sites excluding steroid dienone is 7. The van der Waals surface area contributed by atoms with Gasteiger partial charge >= 0.3 is 0 Å². The second kappa shape index (κ2) is 8.42. The van der Waals surface area contributed by atoms with Crippen molar-refractivity contribution in [1.82, 2.24) is 4.90 Å². The molecule has 0 amide bonds. The molecule has 0 fully saturated rings. The van der Waals surface area contributed by atoms with Gasteiger partial charge in [0.15, 0.2) is 0 Å². The fourth-order valence-electron chi connectivity index (χ4n) is 2.32. The summed E-state index contributed by atoms with van der Waals surface area (Å²) in [4.78, 5) is 2.10. The highest BCUT2D eigenvalue weighted by atomic mass is 15.1. The van der Waals surface area contributed by atoms with Gasteiger partial charge in [0.2, 0.25) is 0 Å². The van der Waals surface area contributed by atoms with Gasteiger partial charge in [0.1, 0.15) is 0 Å². The van der Waals surface area contributed by atoms with E-state index >= 15 is 0 Å². The summed E-state index contributed by atoms with van der Waals surface area (Å²) in [6, 6.07) is 0. The van der Waals surface area contributed by atoms with Crippen LogP contribution in [0.4, 0.5) is 0 Å². The predicted octanol–water partition coefficient (Wildman–Crippen LogP) is 5.38. The molecule has 0 radical (unpaired) electrons. The average Bonchev–Trinajstić information content (AvgIpc) is 2.63. The van der Waals surface area contributed by atoms with Crippen molar-refractivity contribution in [3.05, 3.63) is 72.2 Å². The van der Waals surface area contributed by atoms with Crippen molar-refractivity contribution in [2.75, 3.05) is 6.54 Å². The van der Waals surface area contributed by atoms with Gasteiger partial charge < -0.3 is 4.90 Å². The Morgan fingerprint density at radius 1 is 1.35 bits per heavy atom. The summed E-state index contributed by atoms with van der Waals surface area (Å²) in [7, 11) is 0. The number of rotatable bonds is 6. The van der Waals surface area contributed by atoms with Crippen molar-refractivity contribution in [1.29, 1.82) is 0 Å². The van der Waals surface area contributed by atoms with Gasteiger partial charge in [0.05, 0.1) is 0 Å². The van der Waals surface area contributed by atoms with E-state index in [1.807, 2.05) is 25.4 Å². The lowest BCUT2D eigenvalue weighted by atomic mass is 9.98. The third-order valence-corrected chi connectivity index (χ3v) is 3.27. The van der Waals surface area contributed by atoms with E-state index in [-0.39, 0.29) is 0 Å². The minimum atomic E-state index is 0.482. The van der Waals surface area contributed by atoms with Crippen LogP contribution in [0, 0.1) is 5.92 Å². The zero-order valence-electron chi connectivity index (χ0n) is 13.3. The Hall–Kier alpha value is -1.76. The van der Waals surface area contributed by atoms with Crippen LogP contribution in [0.5, 0.6) is 0 Å². The van der Waals surface area contributed by atoms with E-state index in [2.05, 4.69) is 62.6 Å². The lowest BCUT2D eigenvalue weighted by Crippen LogP contribution is -2.11. The van der Waals surface area contributed by atoms with Gasteiger partial charge in [-0.1, -0.05) is 55.5 Å². The second-order valence-corrected chi connectivity index (χ2v) is 5.42. The third-order valence-electron chi connectivity index (χ3n) is 3.27. The Bertz CT molecular complexity index is 468. The Morgan fingerprint density at radius 2 is 2.10 bits per heavy atom. The first-order valence-corrected chi connectivity index (χ1v) is 7.30. The largest absolute Gasteiger partial charge is 0.351 e. The summed E-state index contributed by atoms with van der Waals surface area (Å²) in [5, 5.41) is 0. The number of nitrogens with zero attached hydrogens (tertiary/aromatic N) is 1. The first-order valence-electron chi connectivity index (χ1n) is 7.30. The van der Waals surface area contributed by atoms with Crippen LogP contribution in [0.15, 0.2) is 72.2 Å². The van der Waals surface area contributed by atoms with Crippen molar-refractivity contribution >= 4 is 0 Å². The molecule has 0 aliphatic heterocycles. The summed E-state index contributed by atoms with van der Waals surface area (Å²) in [5.74, 6) is 0.482. The van der Waals surface area contributed by atoms with Crippen molar-refractivity contribution in [3.8, 4) is 0 Å². The molecule has 108 valence electrons. The Labute approximate surface area is 124 Å². The van der Waals surface area contributed by atoms with E-state index in [0.29, 0.717) is 5.92 Å². The lowest BCUT2D eigenvalue weighted by molar-refractivity contribution is 0.556. The summed E-state index contributed by atoms with van der Waals surface area (Å²) in [5.41, 5.74) is 4.10. The lowest BCUT2D eigenvalue weighted by Gasteiger charge is -2.15. The van der Waals surface area contributed by atoms with E-state index in [9.17, 15) is 0 Å². The van der Waals surface area contributed by atoms with Crippen molar-refractivity contribution in [2.24, 2.45) is 5.92 Å². The molecule has 1 heteroatoms. The zero-order chi connectivity index (χ0) is 15.0. The van der Waals surface area contributed by atoms with E-state index in [1.165, 1.54) is 16.7 Å². The van der Waals surface area contributed by atoms with Gasteiger partial charge in [-0.15, -0.1) is 0 Å². The second-order valence-electron chi connectivity index (χ2n) is 5.42. The monoisotopic (exact) mass is 269 g/mol. The Balaban J connectivity index is 2.73. The molecule has 0 aromatic carbocycles. The quantitative estimate of drug-likeness (QED) is 0.585. The SMILES string of the molecule is C=CN(/C=C\C)CC1=CCC=C(C(C)C=C(C)C)C=C1. The first-order chi connectivity index (χ1) is 9.56. The molecule has 1 unspecified atom stereocenters. The number of hydrogen-bond donors (Lipinski definition) is 0. The van der Waals surface area contributed by atoms with Crippen LogP contribution in [-0.2, 0) is 0 Å². The number of hydrogen-bond acceptors (Lipinski definition) is 1. The van der Waals surface area contributed by atoms with Crippen LogP contribution >= 0.6 is 0 Å². The van der Waals surface area contributed by atoms with Crippen LogP contribution in [0.2, 0.25) is 0 Å². The van der Waals surface area contributed by atoms with E-state index in [1.54, 1.807) is 0 Å². The summed E-state index contributed by atoms with van der Waals surface area (Å²) in [6.07, 6.45) is 18.3. The molecule has 1 nitrogen and oxygen atoms in total. The molecule has 0 spiro atoms. The highest BCUT2D eigenvalue weighted by Gasteiger charge is 2.06. The normalized spacial score (nSPS) is 16.2. The first kappa shape index (κ1) is 16.3. The van der Waals surface area contributed by atoms with Gasteiger partial charge in [-0.2, -0.15) is 0 Å². The fourth-order valence-corrected chi connectivity index (χ4v) is 2.32. The van der Waals surface area contributed by atoms with Crippen molar-refractivity contribution in [3.63, 3.8) is 0 Å². The molecule has 1 rings (SSSR count). The zero-order valence-corrected chi connectivity index (χ0v) is 13.3. The molecule has 1 aliphatic carbocycles. The highest BCUT2D eigenvalue weighted by molar-refractivity contribution is 5.36. The van der Waals surface area contributed by atoms with Gasteiger partial charge in [-0.25, -0.2) is 0 Å². The molecular weight excluding hydrogens is 242 g/mol.